The Morgan fingerprint density at radius 3 is 1.40 bits per heavy atom. The Morgan fingerprint density at radius 2 is 1.40 bits per heavy atom. The maximum atomic E-state index is 7.21. The van der Waals surface area contributed by atoms with Crippen LogP contribution in [0.1, 0.15) is 0 Å². The molecule has 0 amide bonds. The van der Waals surface area contributed by atoms with E-state index >= 15 is 0 Å². The Morgan fingerprint density at radius 1 is 1.40 bits per heavy atom. The minimum absolute atomic E-state index is 0. The molecule has 0 bridgehead atoms. The average Bonchev–Trinajstić information content (AvgIpc) is 0.918. The van der Waals surface area contributed by atoms with Crippen molar-refractivity contribution in [1.29, 1.82) is 5.26 Å². The van der Waals surface area contributed by atoms with E-state index in [1.165, 1.54) is 4.97 Å². The second-order valence-electron chi connectivity index (χ2n) is 0.0791. The summed E-state index contributed by atoms with van der Waals surface area (Å²) in [5.74, 6) is 0. The fourth-order valence-corrected chi connectivity index (χ4v) is 0. The van der Waals surface area contributed by atoms with Crippen LogP contribution in [0.15, 0.2) is 0 Å². The average molecular weight is 130 g/mol. The fraction of sp³-hybridized carbons (Fsp3) is 0. The zero-order chi connectivity index (χ0) is 2.71. The third-order valence-corrected chi connectivity index (χ3v) is 0. The summed E-state index contributed by atoms with van der Waals surface area (Å²) in [6.07, 6.45) is 0. The van der Waals surface area contributed by atoms with Crippen molar-refractivity contribution in [3.05, 3.63) is 0 Å². The van der Waals surface area contributed by atoms with Crippen molar-refractivity contribution >= 4 is 59.1 Å². The molecular formula is CH2FeNNa2. The van der Waals surface area contributed by atoms with E-state index < -0.39 is 0 Å². The Labute approximate surface area is 83.9 Å². The number of hydrogen-bond acceptors (Lipinski definition) is 1. The molecule has 0 aromatic rings. The van der Waals surface area contributed by atoms with Crippen molar-refractivity contribution in [2.45, 2.75) is 0 Å². The van der Waals surface area contributed by atoms with Crippen molar-refractivity contribution in [3.8, 4) is 4.97 Å². The summed E-state index contributed by atoms with van der Waals surface area (Å²) in [7, 11) is 0. The maximum absolute atomic E-state index is 7.21. The molecule has 0 saturated heterocycles. The standard InChI is InChI=1S/CN.Fe.2Na.2H/c1-2;;;;;. The first-order chi connectivity index (χ1) is 1.41. The molecule has 0 aromatic carbocycles. The number of nitrogens with zero attached hydrogens (tertiary/aromatic N) is 1. The molecule has 4 heteroatoms. The van der Waals surface area contributed by atoms with Gasteiger partial charge >= 0.3 is 85.4 Å². The van der Waals surface area contributed by atoms with Gasteiger partial charge in [0.2, 0.25) is 0 Å². The molecule has 0 radical (unpaired) electrons. The molecule has 0 N–H and O–H groups in total. The summed E-state index contributed by atoms with van der Waals surface area (Å²) < 4.78 is 0. The molecule has 0 aliphatic carbocycles. The predicted octanol–water partition coefficient (Wildman–Crippen LogP) is -1.28. The summed E-state index contributed by atoms with van der Waals surface area (Å²) in [4.78, 5) is 1.50. The van der Waals surface area contributed by atoms with Crippen LogP contribution in [0.5, 0.6) is 0 Å². The van der Waals surface area contributed by atoms with Gasteiger partial charge in [-0.1, -0.05) is 0 Å². The van der Waals surface area contributed by atoms with Crippen LogP contribution in [0.3, 0.4) is 0 Å². The first-order valence-corrected chi connectivity index (χ1v) is 0.952. The van der Waals surface area contributed by atoms with Crippen LogP contribution in [-0.4, -0.2) is 59.1 Å². The SMILES string of the molecule is N#[C][Fe].[NaH].[NaH]. The monoisotopic (exact) mass is 130 g/mol. The van der Waals surface area contributed by atoms with Gasteiger partial charge < -0.3 is 0 Å². The van der Waals surface area contributed by atoms with Crippen molar-refractivity contribution in [2.75, 3.05) is 0 Å². The van der Waals surface area contributed by atoms with Gasteiger partial charge in [0.25, 0.3) is 0 Å². The number of hydrogen-bond donors (Lipinski definition) is 0. The van der Waals surface area contributed by atoms with Crippen molar-refractivity contribution < 1.29 is 16.0 Å². The Balaban J connectivity index is -0.0000000200. The molecule has 0 aromatic heterocycles. The van der Waals surface area contributed by atoms with Crippen LogP contribution in [0, 0.1) is 10.2 Å². The predicted molar refractivity (Wildman–Crippen MR) is 19.9 cm³/mol. The Bertz CT molecular complexity index is 31.1. The van der Waals surface area contributed by atoms with Crippen molar-refractivity contribution in [1.82, 2.24) is 0 Å². The van der Waals surface area contributed by atoms with E-state index in [9.17, 15) is 0 Å². The van der Waals surface area contributed by atoms with E-state index in [0.29, 0.717) is 0 Å². The topological polar surface area (TPSA) is 23.8 Å². The minimum atomic E-state index is 0. The van der Waals surface area contributed by atoms with Crippen LogP contribution in [-0.2, 0) is 16.0 Å². The molecule has 0 spiro atoms. The Hall–Kier alpha value is 2.01. The molecule has 0 rings (SSSR count). The van der Waals surface area contributed by atoms with Gasteiger partial charge in [0, 0.05) is 0 Å². The van der Waals surface area contributed by atoms with Gasteiger partial charge in [-0.2, -0.15) is 0 Å². The van der Waals surface area contributed by atoms with E-state index in [4.69, 9.17) is 5.26 Å². The van der Waals surface area contributed by atoms with E-state index in [0.717, 1.165) is 0 Å². The van der Waals surface area contributed by atoms with Gasteiger partial charge in [0.1, 0.15) is 0 Å². The fourth-order valence-electron chi connectivity index (χ4n) is 0. The van der Waals surface area contributed by atoms with Gasteiger partial charge in [-0.25, -0.2) is 0 Å². The molecule has 0 saturated carbocycles. The van der Waals surface area contributed by atoms with Crippen LogP contribution in [0.2, 0.25) is 0 Å². The summed E-state index contributed by atoms with van der Waals surface area (Å²) in [5.41, 5.74) is 0. The van der Waals surface area contributed by atoms with Gasteiger partial charge in [0.05, 0.1) is 0 Å². The van der Waals surface area contributed by atoms with Gasteiger partial charge in [-0.3, -0.25) is 0 Å². The van der Waals surface area contributed by atoms with E-state index in [2.05, 4.69) is 16.0 Å². The molecule has 1 nitrogen and oxygen atoms in total. The molecule has 0 aliphatic heterocycles. The van der Waals surface area contributed by atoms with E-state index in [-0.39, 0.29) is 59.1 Å². The summed E-state index contributed by atoms with van der Waals surface area (Å²) in [5, 5.41) is 7.21. The third kappa shape index (κ3) is 23.9. The van der Waals surface area contributed by atoms with Gasteiger partial charge in [-0.15, -0.1) is 0 Å². The van der Waals surface area contributed by atoms with Gasteiger partial charge in [0.15, 0.2) is 0 Å². The Kier molecular flexibility index (Phi) is 52.4. The molecule has 0 heterocycles. The molecule has 5 heavy (non-hydrogen) atoms. The molecule has 0 fully saturated rings. The number of rotatable bonds is 0. The molecule has 21 valence electrons. The van der Waals surface area contributed by atoms with Crippen LogP contribution >= 0.6 is 0 Å². The third-order valence-electron chi connectivity index (χ3n) is 0. The normalized spacial score (nSPS) is 1.60. The van der Waals surface area contributed by atoms with Gasteiger partial charge in [-0.05, 0) is 0 Å². The van der Waals surface area contributed by atoms with E-state index in [1.54, 1.807) is 0 Å². The second kappa shape index (κ2) is 16.7. The molecule has 0 atom stereocenters. The van der Waals surface area contributed by atoms with Crippen LogP contribution < -0.4 is 0 Å². The van der Waals surface area contributed by atoms with E-state index in [1.807, 2.05) is 0 Å². The van der Waals surface area contributed by atoms with Crippen LogP contribution in [0.25, 0.3) is 0 Å². The van der Waals surface area contributed by atoms with Crippen molar-refractivity contribution in [2.24, 2.45) is 0 Å². The zero-order valence-corrected chi connectivity index (χ0v) is 2.40. The van der Waals surface area contributed by atoms with Crippen molar-refractivity contribution in [3.63, 3.8) is 0 Å². The second-order valence-corrected chi connectivity index (χ2v) is 0.326. The first kappa shape index (κ1) is 15.7. The summed E-state index contributed by atoms with van der Waals surface area (Å²) >= 11 is 2.79. The first-order valence-electron chi connectivity index (χ1n) is 0.400. The van der Waals surface area contributed by atoms with Crippen LogP contribution in [0.4, 0.5) is 0 Å². The zero-order valence-electron chi connectivity index (χ0n) is 1.30. The summed E-state index contributed by atoms with van der Waals surface area (Å²) in [6.45, 7) is 0. The summed E-state index contributed by atoms with van der Waals surface area (Å²) in [6, 6.07) is 0. The quantitative estimate of drug-likeness (QED) is 0.374. The molecule has 0 aliphatic rings. The molecular weight excluding hydrogens is 128 g/mol. The molecule has 0 unspecified atom stereocenters. The number of nitriles is 1.